The zero-order chi connectivity index (χ0) is 19.1. The van der Waals surface area contributed by atoms with Crippen molar-refractivity contribution in [1.29, 1.82) is 0 Å². The molecule has 6 heteroatoms. The molecule has 1 aromatic carbocycles. The summed E-state index contributed by atoms with van der Waals surface area (Å²) in [6.07, 6.45) is 6.78. The van der Waals surface area contributed by atoms with E-state index in [1.807, 2.05) is 31.0 Å². The summed E-state index contributed by atoms with van der Waals surface area (Å²) in [5.41, 5.74) is 4.60. The third kappa shape index (κ3) is 3.00. The van der Waals surface area contributed by atoms with Crippen LogP contribution in [0.2, 0.25) is 5.02 Å². The molecule has 2 aliphatic rings. The smallest absolute Gasteiger partial charge is 0.259 e. The van der Waals surface area contributed by atoms with Crippen molar-refractivity contribution >= 4 is 29.1 Å². The van der Waals surface area contributed by atoms with Crippen molar-refractivity contribution in [3.8, 4) is 0 Å². The van der Waals surface area contributed by atoms with Crippen molar-refractivity contribution in [2.45, 2.75) is 51.6 Å². The van der Waals surface area contributed by atoms with E-state index in [1.54, 1.807) is 18.3 Å². The van der Waals surface area contributed by atoms with Gasteiger partial charge in [0.1, 0.15) is 0 Å². The molecule has 0 saturated heterocycles. The molecular formula is C21H22ClN3O2. The Hall–Kier alpha value is -2.40. The first kappa shape index (κ1) is 18.0. The Morgan fingerprint density at radius 1 is 1.33 bits per heavy atom. The van der Waals surface area contributed by atoms with Gasteiger partial charge in [-0.2, -0.15) is 0 Å². The van der Waals surface area contributed by atoms with Crippen molar-refractivity contribution in [3.05, 3.63) is 57.9 Å². The second kappa shape index (κ2) is 6.97. The van der Waals surface area contributed by atoms with E-state index in [9.17, 15) is 9.59 Å². The second-order valence-electron chi connectivity index (χ2n) is 7.17. The Morgan fingerprint density at radius 2 is 2.15 bits per heavy atom. The lowest BCUT2D eigenvalue weighted by molar-refractivity contribution is -0.121. The largest absolute Gasteiger partial charge is 0.349 e. The maximum atomic E-state index is 13.1. The van der Waals surface area contributed by atoms with Gasteiger partial charge in [-0.25, -0.2) is 0 Å². The summed E-state index contributed by atoms with van der Waals surface area (Å²) < 4.78 is 0. The molecule has 5 nitrogen and oxygen atoms in total. The second-order valence-corrected chi connectivity index (χ2v) is 7.61. The Kier molecular flexibility index (Phi) is 4.64. The number of hydrogen-bond acceptors (Lipinski definition) is 3. The highest BCUT2D eigenvalue weighted by Gasteiger charge is 2.37. The highest BCUT2D eigenvalue weighted by Crippen LogP contribution is 2.42. The van der Waals surface area contributed by atoms with Gasteiger partial charge in [0.15, 0.2) is 0 Å². The first-order valence-corrected chi connectivity index (χ1v) is 9.78. The van der Waals surface area contributed by atoms with E-state index in [0.29, 0.717) is 17.0 Å². The van der Waals surface area contributed by atoms with Crippen LogP contribution in [-0.2, 0) is 11.2 Å². The van der Waals surface area contributed by atoms with Gasteiger partial charge in [0.25, 0.3) is 5.91 Å². The molecule has 0 fully saturated rings. The van der Waals surface area contributed by atoms with Crippen LogP contribution >= 0.6 is 11.6 Å². The van der Waals surface area contributed by atoms with Crippen molar-refractivity contribution in [2.24, 2.45) is 0 Å². The van der Waals surface area contributed by atoms with Gasteiger partial charge in [-0.1, -0.05) is 18.5 Å². The number of carbonyl (C=O) groups excluding carboxylic acids is 2. The summed E-state index contributed by atoms with van der Waals surface area (Å²) in [7, 11) is 0. The monoisotopic (exact) mass is 383 g/mol. The van der Waals surface area contributed by atoms with Crippen LogP contribution in [0.4, 0.5) is 5.69 Å². The number of nitrogens with zero attached hydrogens (tertiary/aromatic N) is 2. The number of rotatable bonds is 3. The fourth-order valence-corrected chi connectivity index (χ4v) is 4.37. The highest BCUT2D eigenvalue weighted by atomic mass is 35.5. The molecule has 2 atom stereocenters. The zero-order valence-electron chi connectivity index (χ0n) is 15.5. The number of amides is 2. The molecule has 0 unspecified atom stereocenters. The average Bonchev–Trinajstić information content (AvgIpc) is 2.91. The molecule has 0 spiro atoms. The van der Waals surface area contributed by atoms with Gasteiger partial charge >= 0.3 is 0 Å². The van der Waals surface area contributed by atoms with Crippen molar-refractivity contribution in [3.63, 3.8) is 0 Å². The molecule has 0 radical (unpaired) electrons. The molecule has 140 valence electrons. The van der Waals surface area contributed by atoms with Crippen LogP contribution in [0.25, 0.3) is 0 Å². The van der Waals surface area contributed by atoms with Crippen molar-refractivity contribution in [2.75, 3.05) is 4.90 Å². The average molecular weight is 384 g/mol. The van der Waals surface area contributed by atoms with Crippen LogP contribution in [0.15, 0.2) is 30.6 Å². The molecule has 1 aliphatic heterocycles. The van der Waals surface area contributed by atoms with Crippen LogP contribution in [-0.4, -0.2) is 16.8 Å². The molecule has 2 amide bonds. The third-order valence-corrected chi connectivity index (χ3v) is 5.81. The lowest BCUT2D eigenvalue weighted by Crippen LogP contribution is -2.33. The minimum absolute atomic E-state index is 0.0240. The molecular weight excluding hydrogens is 362 g/mol. The van der Waals surface area contributed by atoms with E-state index in [4.69, 9.17) is 11.6 Å². The summed E-state index contributed by atoms with van der Waals surface area (Å²) in [5.74, 6) is 0.00926. The van der Waals surface area contributed by atoms with E-state index >= 15 is 0 Å². The summed E-state index contributed by atoms with van der Waals surface area (Å²) in [4.78, 5) is 31.2. The maximum Gasteiger partial charge on any atom is 0.259 e. The van der Waals surface area contributed by atoms with E-state index in [-0.39, 0.29) is 23.9 Å². The lowest BCUT2D eigenvalue weighted by atomic mass is 9.87. The van der Waals surface area contributed by atoms with E-state index in [0.717, 1.165) is 41.6 Å². The number of fused-ring (bicyclic) bond motifs is 2. The van der Waals surface area contributed by atoms with Gasteiger partial charge in [-0.05, 0) is 61.1 Å². The predicted octanol–water partition coefficient (Wildman–Crippen LogP) is 4.36. The number of aromatic nitrogens is 1. The molecule has 0 bridgehead atoms. The van der Waals surface area contributed by atoms with Crippen LogP contribution in [0, 0.1) is 0 Å². The first-order valence-electron chi connectivity index (χ1n) is 9.40. The molecule has 0 saturated carbocycles. The Morgan fingerprint density at radius 3 is 2.93 bits per heavy atom. The molecule has 1 N–H and O–H groups in total. The Balaban J connectivity index is 1.75. The minimum atomic E-state index is -0.106. The number of pyridine rings is 1. The van der Waals surface area contributed by atoms with E-state index in [2.05, 4.69) is 10.3 Å². The third-order valence-electron chi connectivity index (χ3n) is 5.58. The van der Waals surface area contributed by atoms with Gasteiger partial charge < -0.3 is 5.32 Å². The standard InChI is InChI=1S/C21H22ClN3O2/c1-3-20(26)24-18-6-4-5-14-17(18)10-23-11-19(14)25-12(2)16-9-13(22)7-8-15(16)21(25)27/h7-12,18H,3-6H2,1-2H3,(H,24,26)/t12-,18-/m0/s1. The van der Waals surface area contributed by atoms with Crippen LogP contribution in [0.1, 0.15) is 72.2 Å². The van der Waals surface area contributed by atoms with Crippen molar-refractivity contribution in [1.82, 2.24) is 10.3 Å². The van der Waals surface area contributed by atoms with Gasteiger partial charge in [-0.15, -0.1) is 0 Å². The number of hydrogen-bond donors (Lipinski definition) is 1. The minimum Gasteiger partial charge on any atom is -0.349 e. The maximum absolute atomic E-state index is 13.1. The number of anilines is 1. The quantitative estimate of drug-likeness (QED) is 0.856. The van der Waals surface area contributed by atoms with Crippen LogP contribution in [0.3, 0.4) is 0 Å². The highest BCUT2D eigenvalue weighted by molar-refractivity contribution is 6.31. The molecule has 2 aromatic rings. The van der Waals surface area contributed by atoms with Crippen LogP contribution < -0.4 is 10.2 Å². The molecule has 2 heterocycles. The molecule has 4 rings (SSSR count). The van der Waals surface area contributed by atoms with Gasteiger partial charge in [-0.3, -0.25) is 19.5 Å². The normalized spacial score (nSPS) is 21.0. The predicted molar refractivity (Wildman–Crippen MR) is 105 cm³/mol. The summed E-state index contributed by atoms with van der Waals surface area (Å²) in [6, 6.07) is 5.27. The van der Waals surface area contributed by atoms with Crippen LogP contribution in [0.5, 0.6) is 0 Å². The van der Waals surface area contributed by atoms with Crippen molar-refractivity contribution < 1.29 is 9.59 Å². The van der Waals surface area contributed by atoms with Gasteiger partial charge in [0.2, 0.25) is 5.91 Å². The fourth-order valence-electron chi connectivity index (χ4n) is 4.19. The van der Waals surface area contributed by atoms with E-state index in [1.165, 1.54) is 0 Å². The topological polar surface area (TPSA) is 62.3 Å². The number of halogens is 1. The SMILES string of the molecule is CCC(=O)N[C@H]1CCCc2c1cncc2N1C(=O)c2ccc(Cl)cc2[C@@H]1C. The van der Waals surface area contributed by atoms with E-state index < -0.39 is 0 Å². The first-order chi connectivity index (χ1) is 13.0. The number of carbonyl (C=O) groups is 2. The summed E-state index contributed by atoms with van der Waals surface area (Å²) in [5, 5.41) is 3.72. The number of benzene rings is 1. The fraction of sp³-hybridized carbons (Fsp3) is 0.381. The Labute approximate surface area is 163 Å². The molecule has 27 heavy (non-hydrogen) atoms. The van der Waals surface area contributed by atoms with Gasteiger partial charge in [0, 0.05) is 23.2 Å². The Bertz CT molecular complexity index is 928. The summed E-state index contributed by atoms with van der Waals surface area (Å²) >= 11 is 6.14. The van der Waals surface area contributed by atoms with Gasteiger partial charge in [0.05, 0.1) is 24.0 Å². The molecule has 1 aromatic heterocycles. The lowest BCUT2D eigenvalue weighted by Gasteiger charge is -2.31. The number of nitrogens with one attached hydrogen (secondary N) is 1. The molecule has 1 aliphatic carbocycles. The summed E-state index contributed by atoms with van der Waals surface area (Å²) in [6.45, 7) is 3.86. The zero-order valence-corrected chi connectivity index (χ0v) is 16.2.